The van der Waals surface area contributed by atoms with Crippen LogP contribution in [0.3, 0.4) is 0 Å². The highest BCUT2D eigenvalue weighted by atomic mass is 35.5. The van der Waals surface area contributed by atoms with Crippen molar-refractivity contribution < 1.29 is 13.2 Å². The highest BCUT2D eigenvalue weighted by Gasteiger charge is 2.46. The van der Waals surface area contributed by atoms with Crippen molar-refractivity contribution in [1.82, 2.24) is 4.72 Å². The number of halogens is 1. The van der Waals surface area contributed by atoms with Crippen molar-refractivity contribution in [3.05, 3.63) is 29.3 Å². The Hall–Kier alpha value is -1.11. The van der Waals surface area contributed by atoms with Crippen LogP contribution in [0.1, 0.15) is 40.0 Å². The summed E-state index contributed by atoms with van der Waals surface area (Å²) in [6, 6.07) is 6.75. The van der Waals surface area contributed by atoms with Crippen LogP contribution in [0.25, 0.3) is 0 Å². The van der Waals surface area contributed by atoms with Crippen molar-refractivity contribution in [1.29, 1.82) is 0 Å². The summed E-state index contributed by atoms with van der Waals surface area (Å²) < 4.78 is 25.9. The molecule has 1 aliphatic carbocycles. The van der Waals surface area contributed by atoms with E-state index in [1.807, 2.05) is 6.92 Å². The molecular weight excluding hydrogens is 348 g/mol. The Labute approximate surface area is 149 Å². The molecule has 1 aromatic rings. The smallest absolute Gasteiger partial charge is 0.230 e. The van der Waals surface area contributed by atoms with Crippen LogP contribution >= 0.6 is 11.6 Å². The van der Waals surface area contributed by atoms with Crippen LogP contribution in [0, 0.1) is 10.8 Å². The van der Waals surface area contributed by atoms with Gasteiger partial charge in [0, 0.05) is 22.2 Å². The van der Waals surface area contributed by atoms with Gasteiger partial charge in [0.15, 0.2) is 0 Å². The topological polar surface area (TPSA) is 75.3 Å². The second-order valence-electron chi connectivity index (χ2n) is 7.86. The number of carbonyl (C=O) groups excluding carboxylic acids is 1. The van der Waals surface area contributed by atoms with E-state index < -0.39 is 15.4 Å². The largest absolute Gasteiger partial charge is 0.326 e. The maximum absolute atomic E-state index is 12.9. The summed E-state index contributed by atoms with van der Waals surface area (Å²) in [6.07, 6.45) is 3.02. The molecular formula is C17H25ClN2O3S. The Morgan fingerprint density at radius 1 is 1.25 bits per heavy atom. The Kier molecular flexibility index (Phi) is 5.33. The first-order valence-electron chi connectivity index (χ1n) is 7.93. The molecule has 0 spiro atoms. The zero-order chi connectivity index (χ0) is 18.2. The molecule has 2 rings (SSSR count). The zero-order valence-electron chi connectivity index (χ0n) is 14.5. The van der Waals surface area contributed by atoms with E-state index in [1.54, 1.807) is 24.3 Å². The van der Waals surface area contributed by atoms with Gasteiger partial charge in [0.2, 0.25) is 15.9 Å². The van der Waals surface area contributed by atoms with Crippen molar-refractivity contribution in [2.24, 2.45) is 10.8 Å². The van der Waals surface area contributed by atoms with Gasteiger partial charge in [-0.2, -0.15) is 0 Å². The normalized spacial score (nSPS) is 26.8. The Morgan fingerprint density at radius 3 is 2.50 bits per heavy atom. The molecule has 2 N–H and O–H groups in total. The average Bonchev–Trinajstić information content (AvgIpc) is 2.33. The maximum atomic E-state index is 12.9. The summed E-state index contributed by atoms with van der Waals surface area (Å²) in [5, 5.41) is 3.47. The summed E-state index contributed by atoms with van der Waals surface area (Å²) in [6.45, 7) is 6.02. The van der Waals surface area contributed by atoms with Crippen LogP contribution in [0.15, 0.2) is 24.3 Å². The minimum absolute atomic E-state index is 0.113. The molecule has 1 amide bonds. The molecule has 134 valence electrons. The SMILES string of the molecule is CC1(C)CC(NS(C)(=O)=O)CC(C)(C(=O)Nc2cccc(Cl)c2)C1. The number of anilines is 1. The Morgan fingerprint density at radius 2 is 1.92 bits per heavy atom. The molecule has 1 aromatic carbocycles. The van der Waals surface area contributed by atoms with E-state index >= 15 is 0 Å². The number of hydrogen-bond donors (Lipinski definition) is 2. The Balaban J connectivity index is 2.20. The third kappa shape index (κ3) is 5.19. The van der Waals surface area contributed by atoms with Crippen LogP contribution in [0.4, 0.5) is 5.69 Å². The lowest BCUT2D eigenvalue weighted by Crippen LogP contribution is -2.50. The third-order valence-electron chi connectivity index (χ3n) is 4.38. The molecule has 0 radical (unpaired) electrons. The van der Waals surface area contributed by atoms with Gasteiger partial charge in [-0.1, -0.05) is 38.4 Å². The van der Waals surface area contributed by atoms with Gasteiger partial charge in [-0.25, -0.2) is 13.1 Å². The predicted molar refractivity (Wildman–Crippen MR) is 97.6 cm³/mol. The number of benzene rings is 1. The van der Waals surface area contributed by atoms with Crippen LogP contribution in [0.2, 0.25) is 5.02 Å². The molecule has 5 nitrogen and oxygen atoms in total. The molecule has 24 heavy (non-hydrogen) atoms. The molecule has 1 saturated carbocycles. The molecule has 0 saturated heterocycles. The lowest BCUT2D eigenvalue weighted by molar-refractivity contribution is -0.129. The summed E-state index contributed by atoms with van der Waals surface area (Å²) >= 11 is 5.96. The van der Waals surface area contributed by atoms with Crippen LogP contribution in [-0.4, -0.2) is 26.6 Å². The average molecular weight is 373 g/mol. The molecule has 1 aliphatic rings. The molecule has 2 unspecified atom stereocenters. The summed E-state index contributed by atoms with van der Waals surface area (Å²) in [5.41, 5.74) is -0.155. The maximum Gasteiger partial charge on any atom is 0.230 e. The van der Waals surface area contributed by atoms with Gasteiger partial charge in [-0.3, -0.25) is 4.79 Å². The molecule has 0 bridgehead atoms. The lowest BCUT2D eigenvalue weighted by atomic mass is 9.62. The number of rotatable bonds is 4. The lowest BCUT2D eigenvalue weighted by Gasteiger charge is -2.45. The third-order valence-corrected chi connectivity index (χ3v) is 5.37. The van der Waals surface area contributed by atoms with Crippen molar-refractivity contribution in [2.75, 3.05) is 11.6 Å². The first-order valence-corrected chi connectivity index (χ1v) is 10.2. The van der Waals surface area contributed by atoms with Crippen molar-refractivity contribution >= 4 is 33.2 Å². The minimum Gasteiger partial charge on any atom is -0.326 e. The van der Waals surface area contributed by atoms with Crippen LogP contribution in [-0.2, 0) is 14.8 Å². The van der Waals surface area contributed by atoms with E-state index in [0.717, 1.165) is 6.26 Å². The molecule has 0 heterocycles. The number of nitrogens with one attached hydrogen (secondary N) is 2. The van der Waals surface area contributed by atoms with Crippen LogP contribution in [0.5, 0.6) is 0 Å². The first kappa shape index (κ1) is 19.2. The highest BCUT2D eigenvalue weighted by molar-refractivity contribution is 7.88. The summed E-state index contributed by atoms with van der Waals surface area (Å²) in [7, 11) is -3.31. The fourth-order valence-electron chi connectivity index (χ4n) is 3.89. The zero-order valence-corrected chi connectivity index (χ0v) is 16.1. The predicted octanol–water partition coefficient (Wildman–Crippen LogP) is 3.41. The molecule has 0 aromatic heterocycles. The van der Waals surface area contributed by atoms with Crippen molar-refractivity contribution in [3.8, 4) is 0 Å². The number of carbonyl (C=O) groups is 1. The van der Waals surface area contributed by atoms with Gasteiger partial charge >= 0.3 is 0 Å². The summed E-state index contributed by atoms with van der Waals surface area (Å²) in [5.74, 6) is -0.113. The quantitative estimate of drug-likeness (QED) is 0.850. The van der Waals surface area contributed by atoms with E-state index in [1.165, 1.54) is 0 Å². The second kappa shape index (κ2) is 6.65. The van der Waals surface area contributed by atoms with E-state index in [4.69, 9.17) is 11.6 Å². The number of sulfonamides is 1. The first-order chi connectivity index (χ1) is 10.9. The molecule has 0 aliphatic heterocycles. The van der Waals surface area contributed by atoms with Crippen molar-refractivity contribution in [2.45, 2.75) is 46.1 Å². The van der Waals surface area contributed by atoms with E-state index in [0.29, 0.717) is 30.0 Å². The van der Waals surface area contributed by atoms with Crippen molar-refractivity contribution in [3.63, 3.8) is 0 Å². The monoisotopic (exact) mass is 372 g/mol. The fraction of sp³-hybridized carbons (Fsp3) is 0.588. The summed E-state index contributed by atoms with van der Waals surface area (Å²) in [4.78, 5) is 12.9. The van der Waals surface area contributed by atoms with E-state index in [9.17, 15) is 13.2 Å². The minimum atomic E-state index is -3.31. The number of hydrogen-bond acceptors (Lipinski definition) is 3. The van der Waals surface area contributed by atoms with Gasteiger partial charge in [0.05, 0.1) is 6.26 Å². The molecule has 2 atom stereocenters. The Bertz CT molecular complexity index is 733. The van der Waals surface area contributed by atoms with E-state index in [2.05, 4.69) is 23.9 Å². The van der Waals surface area contributed by atoms with Gasteiger partial charge in [0.1, 0.15) is 0 Å². The molecule has 7 heteroatoms. The van der Waals surface area contributed by atoms with Crippen LogP contribution < -0.4 is 10.0 Å². The van der Waals surface area contributed by atoms with E-state index in [-0.39, 0.29) is 17.4 Å². The highest BCUT2D eigenvalue weighted by Crippen LogP contribution is 2.46. The second-order valence-corrected chi connectivity index (χ2v) is 10.1. The van der Waals surface area contributed by atoms with Gasteiger partial charge in [0.25, 0.3) is 0 Å². The van der Waals surface area contributed by atoms with Gasteiger partial charge < -0.3 is 5.32 Å². The van der Waals surface area contributed by atoms with Gasteiger partial charge in [-0.05, 0) is 42.9 Å². The number of amides is 1. The van der Waals surface area contributed by atoms with Gasteiger partial charge in [-0.15, -0.1) is 0 Å². The molecule has 1 fully saturated rings. The standard InChI is InChI=1S/C17H25ClN2O3S/c1-16(2)9-14(20-24(4,22)23)10-17(3,11-16)15(21)19-13-7-5-6-12(18)8-13/h5-8,14,20H,9-11H2,1-4H3,(H,19,21). The fourth-order valence-corrected chi connectivity index (χ4v) is 4.85.